The topological polar surface area (TPSA) is 95.9 Å². The first-order chi connectivity index (χ1) is 13.5. The van der Waals surface area contributed by atoms with Crippen LogP contribution in [0.2, 0.25) is 0 Å². The van der Waals surface area contributed by atoms with Crippen LogP contribution in [0.5, 0.6) is 0 Å². The molecule has 1 fully saturated rings. The highest BCUT2D eigenvalue weighted by Crippen LogP contribution is 2.45. The average molecular weight is 395 g/mol. The van der Waals surface area contributed by atoms with Gasteiger partial charge in [0.1, 0.15) is 6.04 Å². The average Bonchev–Trinajstić information content (AvgIpc) is 2.97. The second-order valence-electron chi connectivity index (χ2n) is 7.54. The quantitative estimate of drug-likeness (QED) is 0.333. The van der Waals surface area contributed by atoms with Crippen LogP contribution in [0.1, 0.15) is 46.5 Å². The fourth-order valence-corrected chi connectivity index (χ4v) is 4.42. The third-order valence-corrected chi connectivity index (χ3v) is 5.80. The van der Waals surface area contributed by atoms with E-state index in [1.807, 2.05) is 26.0 Å². The highest BCUT2D eigenvalue weighted by molar-refractivity contribution is 5.96. The lowest BCUT2D eigenvalue weighted by molar-refractivity contribution is -0.155. The first-order valence-electron chi connectivity index (χ1n) is 10.6. The van der Waals surface area contributed by atoms with Gasteiger partial charge in [-0.1, -0.05) is 32.4 Å². The number of rotatable bonds is 10. The van der Waals surface area contributed by atoms with E-state index in [0.717, 1.165) is 19.3 Å². The molecule has 0 spiro atoms. The molecule has 2 aliphatic rings. The minimum Gasteiger partial charge on any atom is -0.466 e. The lowest BCUT2D eigenvalue weighted by atomic mass is 9.69. The van der Waals surface area contributed by atoms with E-state index in [0.29, 0.717) is 19.5 Å². The molecule has 158 valence electrons. The smallest absolute Gasteiger partial charge is 0.310 e. The Morgan fingerprint density at radius 2 is 1.96 bits per heavy atom. The minimum atomic E-state index is -0.646. The van der Waals surface area contributed by atoms with Crippen LogP contribution in [0.15, 0.2) is 12.2 Å². The predicted octanol–water partition coefficient (Wildman–Crippen LogP) is 1.50. The molecule has 0 bridgehead atoms. The van der Waals surface area contributed by atoms with Crippen molar-refractivity contribution in [3.8, 4) is 0 Å². The van der Waals surface area contributed by atoms with Gasteiger partial charge >= 0.3 is 5.97 Å². The van der Waals surface area contributed by atoms with Crippen LogP contribution in [0.4, 0.5) is 0 Å². The van der Waals surface area contributed by atoms with Crippen molar-refractivity contribution in [3.05, 3.63) is 12.2 Å². The van der Waals surface area contributed by atoms with Crippen LogP contribution in [-0.4, -0.2) is 60.1 Å². The van der Waals surface area contributed by atoms with E-state index in [4.69, 9.17) is 4.74 Å². The number of aliphatic hydroxyl groups excluding tert-OH is 1. The molecule has 5 atom stereocenters. The SMILES string of the molecule is CCCCNC(=O)[C@@H]1[C@H]2C=C[C@@H](CC)[C@@H](C(=O)OCC)[C@@H]2C(=O)N1CCCO. The maximum absolute atomic E-state index is 13.3. The number of carbonyl (C=O) groups excluding carboxylic acids is 3. The number of likely N-dealkylation sites (tertiary alicyclic amines) is 1. The van der Waals surface area contributed by atoms with Crippen molar-refractivity contribution in [2.75, 3.05) is 26.3 Å². The number of esters is 1. The first-order valence-corrected chi connectivity index (χ1v) is 10.6. The van der Waals surface area contributed by atoms with Gasteiger partial charge in [-0.05, 0) is 32.1 Å². The molecule has 0 aromatic heterocycles. The van der Waals surface area contributed by atoms with E-state index >= 15 is 0 Å². The zero-order valence-corrected chi connectivity index (χ0v) is 17.2. The van der Waals surface area contributed by atoms with Gasteiger partial charge in [-0.15, -0.1) is 0 Å². The molecular formula is C21H34N2O5. The van der Waals surface area contributed by atoms with Gasteiger partial charge in [-0.3, -0.25) is 14.4 Å². The monoisotopic (exact) mass is 394 g/mol. The van der Waals surface area contributed by atoms with E-state index < -0.39 is 17.9 Å². The van der Waals surface area contributed by atoms with Crippen molar-refractivity contribution in [2.24, 2.45) is 23.7 Å². The van der Waals surface area contributed by atoms with E-state index in [2.05, 4.69) is 5.32 Å². The Morgan fingerprint density at radius 1 is 1.21 bits per heavy atom. The Kier molecular flexibility index (Phi) is 8.48. The summed E-state index contributed by atoms with van der Waals surface area (Å²) in [7, 11) is 0. The second kappa shape index (κ2) is 10.6. The van der Waals surface area contributed by atoms with Crippen molar-refractivity contribution in [1.82, 2.24) is 10.2 Å². The number of amides is 2. The molecule has 7 nitrogen and oxygen atoms in total. The van der Waals surface area contributed by atoms with Gasteiger partial charge in [-0.25, -0.2) is 0 Å². The van der Waals surface area contributed by atoms with Crippen LogP contribution in [0.3, 0.4) is 0 Å². The van der Waals surface area contributed by atoms with Gasteiger partial charge < -0.3 is 20.1 Å². The largest absolute Gasteiger partial charge is 0.466 e. The summed E-state index contributed by atoms with van der Waals surface area (Å²) in [5, 5.41) is 12.2. The molecule has 0 radical (unpaired) electrons. The maximum atomic E-state index is 13.3. The van der Waals surface area contributed by atoms with Crippen molar-refractivity contribution in [3.63, 3.8) is 0 Å². The number of nitrogens with zero attached hydrogens (tertiary/aromatic N) is 1. The van der Waals surface area contributed by atoms with Gasteiger partial charge in [0.25, 0.3) is 0 Å². The molecule has 1 aliphatic carbocycles. The third kappa shape index (κ3) is 4.57. The number of ether oxygens (including phenoxy) is 1. The minimum absolute atomic E-state index is 0.0575. The molecule has 2 N–H and O–H groups in total. The Balaban J connectivity index is 2.35. The molecule has 2 rings (SSSR count). The standard InChI is InChI=1S/C21H34N2O5/c1-4-7-11-22-19(25)18-15-10-9-14(5-2)16(21(27)28-6-3)17(15)20(26)23(18)12-8-13-24/h9-10,14-18,24H,4-8,11-13H2,1-3H3,(H,22,25)/t14-,15+,16-,17-,18+/m1/s1. The van der Waals surface area contributed by atoms with Crippen LogP contribution >= 0.6 is 0 Å². The number of aliphatic hydroxyl groups is 1. The van der Waals surface area contributed by atoms with E-state index in [9.17, 15) is 19.5 Å². The van der Waals surface area contributed by atoms with Gasteiger partial charge in [0.05, 0.1) is 18.4 Å². The van der Waals surface area contributed by atoms with Crippen LogP contribution in [0, 0.1) is 23.7 Å². The van der Waals surface area contributed by atoms with E-state index in [1.54, 1.807) is 11.8 Å². The normalized spacial score (nSPS) is 28.9. The van der Waals surface area contributed by atoms with E-state index in [-0.39, 0.29) is 42.8 Å². The summed E-state index contributed by atoms with van der Waals surface area (Å²) in [6.07, 6.45) is 6.87. The molecule has 1 heterocycles. The molecule has 1 saturated heterocycles. The lowest BCUT2D eigenvalue weighted by Crippen LogP contribution is -2.47. The number of nitrogens with one attached hydrogen (secondary N) is 1. The molecule has 2 amide bonds. The summed E-state index contributed by atoms with van der Waals surface area (Å²) >= 11 is 0. The summed E-state index contributed by atoms with van der Waals surface area (Å²) in [5.41, 5.74) is 0. The fourth-order valence-electron chi connectivity index (χ4n) is 4.42. The van der Waals surface area contributed by atoms with Crippen molar-refractivity contribution in [1.29, 1.82) is 0 Å². The summed E-state index contributed by atoms with van der Waals surface area (Å²) in [5.74, 6) is -2.33. The van der Waals surface area contributed by atoms with Crippen LogP contribution in [0.25, 0.3) is 0 Å². The Morgan fingerprint density at radius 3 is 2.57 bits per heavy atom. The molecule has 0 unspecified atom stereocenters. The zero-order valence-electron chi connectivity index (χ0n) is 17.2. The van der Waals surface area contributed by atoms with Crippen molar-refractivity contribution in [2.45, 2.75) is 52.5 Å². The number of fused-ring (bicyclic) bond motifs is 1. The lowest BCUT2D eigenvalue weighted by Gasteiger charge is -2.33. The molecule has 0 aromatic rings. The fraction of sp³-hybridized carbons (Fsp3) is 0.762. The summed E-state index contributed by atoms with van der Waals surface area (Å²) in [6.45, 7) is 6.85. The molecular weight excluding hydrogens is 360 g/mol. The molecule has 28 heavy (non-hydrogen) atoms. The Bertz CT molecular complexity index is 591. The summed E-state index contributed by atoms with van der Waals surface area (Å²) in [6, 6.07) is -0.646. The van der Waals surface area contributed by atoms with Crippen molar-refractivity contribution < 1.29 is 24.2 Å². The first kappa shape index (κ1) is 22.4. The maximum Gasteiger partial charge on any atom is 0.310 e. The van der Waals surface area contributed by atoms with Gasteiger partial charge in [0, 0.05) is 25.6 Å². The number of unbranched alkanes of at least 4 members (excludes halogenated alkanes) is 1. The second-order valence-corrected chi connectivity index (χ2v) is 7.54. The Labute approximate surface area is 167 Å². The van der Waals surface area contributed by atoms with Gasteiger partial charge in [0.15, 0.2) is 0 Å². The highest BCUT2D eigenvalue weighted by Gasteiger charge is 2.57. The molecule has 0 saturated carbocycles. The third-order valence-electron chi connectivity index (χ3n) is 5.80. The molecule has 7 heteroatoms. The number of allylic oxidation sites excluding steroid dienone is 1. The summed E-state index contributed by atoms with van der Waals surface area (Å²) < 4.78 is 5.28. The molecule has 1 aliphatic heterocycles. The van der Waals surface area contributed by atoms with Gasteiger partial charge in [0.2, 0.25) is 11.8 Å². The van der Waals surface area contributed by atoms with Gasteiger partial charge in [-0.2, -0.15) is 0 Å². The van der Waals surface area contributed by atoms with Crippen LogP contribution < -0.4 is 5.32 Å². The number of carbonyl (C=O) groups is 3. The number of hydrogen-bond donors (Lipinski definition) is 2. The summed E-state index contributed by atoms with van der Waals surface area (Å²) in [4.78, 5) is 40.5. The zero-order chi connectivity index (χ0) is 20.7. The Hall–Kier alpha value is -1.89. The number of hydrogen-bond acceptors (Lipinski definition) is 5. The van der Waals surface area contributed by atoms with E-state index in [1.165, 1.54) is 0 Å². The van der Waals surface area contributed by atoms with Crippen LogP contribution in [-0.2, 0) is 19.1 Å². The predicted molar refractivity (Wildman–Crippen MR) is 105 cm³/mol. The van der Waals surface area contributed by atoms with Crippen molar-refractivity contribution >= 4 is 17.8 Å². The molecule has 0 aromatic carbocycles. The highest BCUT2D eigenvalue weighted by atomic mass is 16.5.